The Morgan fingerprint density at radius 3 is 2.65 bits per heavy atom. The van der Waals surface area contributed by atoms with Crippen molar-refractivity contribution >= 4 is 23.1 Å². The monoisotopic (exact) mass is 240 g/mol. The van der Waals surface area contributed by atoms with Crippen LogP contribution in [0.4, 0.5) is 11.4 Å². The Morgan fingerprint density at radius 1 is 1.53 bits per heavy atom. The van der Waals surface area contributed by atoms with Crippen LogP contribution in [0.15, 0.2) is 23.4 Å². The molecule has 0 heterocycles. The maximum atomic E-state index is 11.1. The van der Waals surface area contributed by atoms with E-state index >= 15 is 0 Å². The first-order valence-electron chi connectivity index (χ1n) is 4.22. The molecule has 0 atom stereocenters. The summed E-state index contributed by atoms with van der Waals surface area (Å²) in [4.78, 5) is 20.8. The topological polar surface area (TPSA) is 151 Å². The SMILES string of the molecule is N/C(=N\O)C(=O)Nc1ccc([N+](=O)[O-])cc1O. The number of phenolic OH excluding ortho intramolecular Hbond substituents is 1. The predicted molar refractivity (Wildman–Crippen MR) is 56.8 cm³/mol. The van der Waals surface area contributed by atoms with Gasteiger partial charge in [-0.05, 0) is 6.07 Å². The van der Waals surface area contributed by atoms with Crippen LogP contribution >= 0.6 is 0 Å². The smallest absolute Gasteiger partial charge is 0.294 e. The van der Waals surface area contributed by atoms with Gasteiger partial charge in [0.1, 0.15) is 5.75 Å². The lowest BCUT2D eigenvalue weighted by Crippen LogP contribution is -2.30. The van der Waals surface area contributed by atoms with E-state index in [1.54, 1.807) is 0 Å². The Labute approximate surface area is 94.3 Å². The molecule has 0 bridgehead atoms. The van der Waals surface area contributed by atoms with Gasteiger partial charge in [0.25, 0.3) is 11.6 Å². The van der Waals surface area contributed by atoms with E-state index in [-0.39, 0.29) is 11.4 Å². The summed E-state index contributed by atoms with van der Waals surface area (Å²) in [7, 11) is 0. The summed E-state index contributed by atoms with van der Waals surface area (Å²) >= 11 is 0. The van der Waals surface area contributed by atoms with Crippen LogP contribution in [0.2, 0.25) is 0 Å². The van der Waals surface area contributed by atoms with E-state index < -0.39 is 22.4 Å². The average molecular weight is 240 g/mol. The molecule has 17 heavy (non-hydrogen) atoms. The fourth-order valence-corrected chi connectivity index (χ4v) is 0.971. The zero-order chi connectivity index (χ0) is 13.0. The summed E-state index contributed by atoms with van der Waals surface area (Å²) < 4.78 is 0. The van der Waals surface area contributed by atoms with Crippen LogP contribution in [-0.4, -0.2) is 27.0 Å². The van der Waals surface area contributed by atoms with Gasteiger partial charge in [-0.25, -0.2) is 0 Å². The van der Waals surface area contributed by atoms with Gasteiger partial charge in [0.15, 0.2) is 0 Å². The number of nitrogens with one attached hydrogen (secondary N) is 1. The highest BCUT2D eigenvalue weighted by Gasteiger charge is 2.14. The van der Waals surface area contributed by atoms with E-state index in [1.165, 1.54) is 0 Å². The van der Waals surface area contributed by atoms with Crippen molar-refractivity contribution in [1.82, 2.24) is 0 Å². The number of oxime groups is 1. The van der Waals surface area contributed by atoms with E-state index in [9.17, 15) is 20.0 Å². The third-order valence-corrected chi connectivity index (χ3v) is 1.78. The Morgan fingerprint density at radius 2 is 2.18 bits per heavy atom. The molecule has 0 aromatic heterocycles. The van der Waals surface area contributed by atoms with Crippen LogP contribution < -0.4 is 11.1 Å². The lowest BCUT2D eigenvalue weighted by molar-refractivity contribution is -0.384. The summed E-state index contributed by atoms with van der Waals surface area (Å²) in [6.45, 7) is 0. The van der Waals surface area contributed by atoms with Crippen molar-refractivity contribution in [2.24, 2.45) is 10.9 Å². The molecule has 9 nitrogen and oxygen atoms in total. The van der Waals surface area contributed by atoms with Gasteiger partial charge in [-0.1, -0.05) is 5.16 Å². The van der Waals surface area contributed by atoms with Gasteiger partial charge in [-0.2, -0.15) is 0 Å². The number of amidine groups is 1. The van der Waals surface area contributed by atoms with E-state index in [0.29, 0.717) is 0 Å². The molecule has 0 radical (unpaired) electrons. The maximum absolute atomic E-state index is 11.1. The highest BCUT2D eigenvalue weighted by molar-refractivity contribution is 6.41. The molecule has 0 fully saturated rings. The van der Waals surface area contributed by atoms with E-state index in [1.807, 2.05) is 0 Å². The van der Waals surface area contributed by atoms with Gasteiger partial charge in [0, 0.05) is 6.07 Å². The molecule has 0 aliphatic rings. The Kier molecular flexibility index (Phi) is 3.44. The number of carbonyl (C=O) groups excluding carboxylic acids is 1. The number of anilines is 1. The maximum Gasteiger partial charge on any atom is 0.294 e. The molecule has 0 aliphatic heterocycles. The number of aromatic hydroxyl groups is 1. The Bertz CT molecular complexity index is 499. The number of nitro benzene ring substituents is 1. The second kappa shape index (κ2) is 4.79. The van der Waals surface area contributed by atoms with Crippen LogP contribution in [0.25, 0.3) is 0 Å². The highest BCUT2D eigenvalue weighted by atomic mass is 16.6. The minimum atomic E-state index is -0.948. The van der Waals surface area contributed by atoms with Gasteiger partial charge in [-0.3, -0.25) is 14.9 Å². The standard InChI is InChI=1S/C8H8N4O5/c9-7(11-15)8(14)10-5-2-1-4(12(16)17)3-6(5)13/h1-3,13,15H,(H2,9,11)(H,10,14). The van der Waals surface area contributed by atoms with Crippen molar-refractivity contribution in [2.45, 2.75) is 0 Å². The van der Waals surface area contributed by atoms with Gasteiger partial charge in [-0.15, -0.1) is 0 Å². The van der Waals surface area contributed by atoms with Crippen molar-refractivity contribution in [1.29, 1.82) is 0 Å². The number of carbonyl (C=O) groups is 1. The van der Waals surface area contributed by atoms with Crippen LogP contribution in [0.5, 0.6) is 5.75 Å². The summed E-state index contributed by atoms with van der Waals surface area (Å²) in [5.74, 6) is -2.15. The predicted octanol–water partition coefficient (Wildman–Crippen LogP) is -0.0147. The fraction of sp³-hybridized carbons (Fsp3) is 0. The molecule has 1 aromatic rings. The van der Waals surface area contributed by atoms with Crippen LogP contribution in [0.1, 0.15) is 0 Å². The number of non-ortho nitro benzene ring substituents is 1. The number of benzene rings is 1. The Hall–Kier alpha value is -2.84. The first-order chi connectivity index (χ1) is 7.95. The van der Waals surface area contributed by atoms with Crippen molar-refractivity contribution < 1.29 is 20.0 Å². The molecule has 0 aliphatic carbocycles. The molecule has 5 N–H and O–H groups in total. The number of nitrogens with zero attached hydrogens (tertiary/aromatic N) is 2. The van der Waals surface area contributed by atoms with Gasteiger partial charge >= 0.3 is 0 Å². The number of hydrogen-bond donors (Lipinski definition) is 4. The fourth-order valence-electron chi connectivity index (χ4n) is 0.971. The molecule has 0 spiro atoms. The summed E-state index contributed by atoms with van der Waals surface area (Å²) in [6.07, 6.45) is 0. The van der Waals surface area contributed by atoms with Crippen molar-refractivity contribution in [3.63, 3.8) is 0 Å². The number of hydrogen-bond acceptors (Lipinski definition) is 6. The quantitative estimate of drug-likeness (QED) is 0.142. The minimum absolute atomic E-state index is 0.0906. The van der Waals surface area contributed by atoms with Crippen LogP contribution in [0.3, 0.4) is 0 Å². The third-order valence-electron chi connectivity index (χ3n) is 1.78. The van der Waals surface area contributed by atoms with Crippen molar-refractivity contribution in [2.75, 3.05) is 5.32 Å². The number of nitro groups is 1. The van der Waals surface area contributed by atoms with E-state index in [4.69, 9.17) is 10.9 Å². The van der Waals surface area contributed by atoms with Gasteiger partial charge in [0.2, 0.25) is 5.84 Å². The minimum Gasteiger partial charge on any atom is -0.506 e. The first-order valence-corrected chi connectivity index (χ1v) is 4.22. The molecular formula is C8H8N4O5. The summed E-state index contributed by atoms with van der Waals surface area (Å²) in [5.41, 5.74) is 4.57. The second-order valence-electron chi connectivity index (χ2n) is 2.90. The molecule has 0 saturated carbocycles. The molecule has 0 saturated heterocycles. The molecule has 1 aromatic carbocycles. The zero-order valence-electron chi connectivity index (χ0n) is 8.32. The van der Waals surface area contributed by atoms with Gasteiger partial charge < -0.3 is 21.4 Å². The Balaban J connectivity index is 2.94. The second-order valence-corrected chi connectivity index (χ2v) is 2.90. The molecular weight excluding hydrogens is 232 g/mol. The van der Waals surface area contributed by atoms with Gasteiger partial charge in [0.05, 0.1) is 16.7 Å². The number of nitrogens with two attached hydrogens (primary N) is 1. The number of phenols is 1. The molecule has 9 heteroatoms. The first kappa shape index (κ1) is 12.2. The normalized spacial score (nSPS) is 10.9. The molecule has 0 unspecified atom stereocenters. The zero-order valence-corrected chi connectivity index (χ0v) is 8.32. The third kappa shape index (κ3) is 2.81. The molecule has 90 valence electrons. The lowest BCUT2D eigenvalue weighted by Gasteiger charge is -2.05. The summed E-state index contributed by atoms with van der Waals surface area (Å²) in [6, 6.07) is 3.07. The van der Waals surface area contributed by atoms with E-state index in [0.717, 1.165) is 18.2 Å². The highest BCUT2D eigenvalue weighted by Crippen LogP contribution is 2.27. The summed E-state index contributed by atoms with van der Waals surface area (Å²) in [5, 5.41) is 32.5. The van der Waals surface area contributed by atoms with Crippen molar-refractivity contribution in [3.8, 4) is 5.75 Å². The number of amides is 1. The van der Waals surface area contributed by atoms with Crippen molar-refractivity contribution in [3.05, 3.63) is 28.3 Å². The molecule has 1 rings (SSSR count). The average Bonchev–Trinajstić information content (AvgIpc) is 2.30. The molecule has 1 amide bonds. The lowest BCUT2D eigenvalue weighted by atomic mass is 10.2. The largest absolute Gasteiger partial charge is 0.506 e. The number of rotatable bonds is 2. The van der Waals surface area contributed by atoms with Crippen LogP contribution in [0, 0.1) is 10.1 Å². The van der Waals surface area contributed by atoms with Crippen LogP contribution in [-0.2, 0) is 4.79 Å². The van der Waals surface area contributed by atoms with E-state index in [2.05, 4.69) is 10.5 Å².